The summed E-state index contributed by atoms with van der Waals surface area (Å²) < 4.78 is 52.9. The first-order valence-corrected chi connectivity index (χ1v) is 15.9. The number of rotatable bonds is 9. The van der Waals surface area contributed by atoms with Gasteiger partial charge in [0, 0.05) is 43.4 Å². The minimum Gasteiger partial charge on any atom is -0.351 e. The van der Waals surface area contributed by atoms with Gasteiger partial charge in [-0.1, -0.05) is 12.8 Å². The van der Waals surface area contributed by atoms with Gasteiger partial charge in [0.1, 0.15) is 15.9 Å². The van der Waals surface area contributed by atoms with E-state index in [4.69, 9.17) is 0 Å². The van der Waals surface area contributed by atoms with E-state index in [1.807, 2.05) is 0 Å². The molecule has 0 aromatic heterocycles. The molecule has 2 aliphatic heterocycles. The van der Waals surface area contributed by atoms with Crippen LogP contribution in [-0.2, 0) is 29.0 Å². The molecule has 9 nitrogen and oxygen atoms in total. The first-order valence-electron chi connectivity index (χ1n) is 13.8. The highest BCUT2D eigenvalue weighted by Crippen LogP contribution is 2.42. The number of likely N-dealkylation sites (tertiary alicyclic amines) is 1. The van der Waals surface area contributed by atoms with Gasteiger partial charge < -0.3 is 10.2 Å². The molecule has 12 heteroatoms. The minimum absolute atomic E-state index is 0.00308. The zero-order chi connectivity index (χ0) is 27.7. The Balaban J connectivity index is 1.25. The van der Waals surface area contributed by atoms with E-state index in [-0.39, 0.29) is 67.0 Å². The van der Waals surface area contributed by atoms with Gasteiger partial charge in [-0.15, -0.1) is 0 Å². The van der Waals surface area contributed by atoms with E-state index >= 15 is 8.78 Å². The van der Waals surface area contributed by atoms with Gasteiger partial charge in [-0.25, -0.2) is 8.42 Å². The maximum Gasteiger partial charge on any atom is 0.327 e. The van der Waals surface area contributed by atoms with Crippen LogP contribution in [0.1, 0.15) is 70.6 Å². The van der Waals surface area contributed by atoms with Crippen LogP contribution in [0.15, 0.2) is 0 Å². The monoisotopic (exact) mass is 559 g/mol. The smallest absolute Gasteiger partial charge is 0.327 e. The number of carbonyl (C=O) groups excluding carboxylic acids is 4. The van der Waals surface area contributed by atoms with Crippen molar-refractivity contribution in [1.82, 2.24) is 15.5 Å². The second-order valence-corrected chi connectivity index (χ2v) is 14.1. The van der Waals surface area contributed by atoms with E-state index in [0.29, 0.717) is 51.5 Å². The van der Waals surface area contributed by atoms with Crippen LogP contribution < -0.4 is 10.6 Å². The molecule has 0 aromatic rings. The molecule has 6 atom stereocenters. The van der Waals surface area contributed by atoms with E-state index in [9.17, 15) is 27.6 Å². The van der Waals surface area contributed by atoms with Crippen molar-refractivity contribution in [2.24, 2.45) is 29.6 Å². The number of alkyl halides is 2. The van der Waals surface area contributed by atoms with Gasteiger partial charge >= 0.3 is 5.92 Å². The molecule has 4 fully saturated rings. The fourth-order valence-electron chi connectivity index (χ4n) is 6.95. The van der Waals surface area contributed by atoms with Crippen molar-refractivity contribution in [3.8, 4) is 0 Å². The highest BCUT2D eigenvalue weighted by atomic mass is 32.2. The maximum atomic E-state index is 15.1. The number of carbonyl (C=O) groups is 4. The number of nitrogens with zero attached hydrogens (tertiary/aromatic N) is 1. The molecule has 0 bridgehead atoms. The lowest BCUT2D eigenvalue weighted by atomic mass is 9.75. The van der Waals surface area contributed by atoms with Gasteiger partial charge in [0.15, 0.2) is 0 Å². The average Bonchev–Trinajstić information content (AvgIpc) is 3.17. The molecule has 214 valence electrons. The van der Waals surface area contributed by atoms with E-state index in [1.165, 1.54) is 6.26 Å². The molecule has 4 aliphatic rings. The Kier molecular flexibility index (Phi) is 8.78. The quantitative estimate of drug-likeness (QED) is 0.416. The molecular weight excluding hydrogens is 520 g/mol. The lowest BCUT2D eigenvalue weighted by molar-refractivity contribution is -0.157. The first kappa shape index (κ1) is 28.9. The van der Waals surface area contributed by atoms with E-state index < -0.39 is 39.5 Å². The minimum atomic E-state index is -3.49. The highest BCUT2D eigenvalue weighted by Gasteiger charge is 2.50. The van der Waals surface area contributed by atoms with Crippen molar-refractivity contribution in [1.29, 1.82) is 0 Å². The van der Waals surface area contributed by atoms with Crippen molar-refractivity contribution < 1.29 is 36.4 Å². The summed E-state index contributed by atoms with van der Waals surface area (Å²) in [6, 6.07) is -0.645. The predicted molar refractivity (Wildman–Crippen MR) is 135 cm³/mol. The van der Waals surface area contributed by atoms with Crippen molar-refractivity contribution in [2.75, 3.05) is 25.1 Å². The van der Waals surface area contributed by atoms with Crippen LogP contribution in [0.4, 0.5) is 8.78 Å². The van der Waals surface area contributed by atoms with Crippen LogP contribution in [0.25, 0.3) is 0 Å². The van der Waals surface area contributed by atoms with Gasteiger partial charge in [0.05, 0.1) is 0 Å². The second kappa shape index (κ2) is 11.6. The number of piperidine rings is 1. The fourth-order valence-corrected chi connectivity index (χ4v) is 7.64. The normalized spacial score (nSPS) is 32.6. The SMILES string of the molecule is CS(=O)(=O)CCCC1CCCC(C(F)(F)C(=O)NCC2CCC3C(=O)N(C4CCC(=O)NC4=O)CC3C2)C1. The van der Waals surface area contributed by atoms with E-state index in [1.54, 1.807) is 4.90 Å². The highest BCUT2D eigenvalue weighted by molar-refractivity contribution is 7.90. The molecule has 38 heavy (non-hydrogen) atoms. The number of hydrogen-bond donors (Lipinski definition) is 2. The Morgan fingerprint density at radius 2 is 1.84 bits per heavy atom. The summed E-state index contributed by atoms with van der Waals surface area (Å²) in [7, 11) is -3.08. The van der Waals surface area contributed by atoms with Crippen LogP contribution in [0, 0.1) is 29.6 Å². The molecule has 2 saturated heterocycles. The van der Waals surface area contributed by atoms with Crippen LogP contribution in [0.2, 0.25) is 0 Å². The summed E-state index contributed by atoms with van der Waals surface area (Å²) in [5.41, 5.74) is 0. The summed E-state index contributed by atoms with van der Waals surface area (Å²) >= 11 is 0. The molecule has 6 unspecified atom stereocenters. The number of sulfone groups is 1. The number of fused-ring (bicyclic) bond motifs is 1. The molecule has 2 saturated carbocycles. The summed E-state index contributed by atoms with van der Waals surface area (Å²) in [4.78, 5) is 50.8. The molecule has 0 spiro atoms. The van der Waals surface area contributed by atoms with Gasteiger partial charge in [-0.05, 0) is 69.1 Å². The molecule has 2 N–H and O–H groups in total. The fraction of sp³-hybridized carbons (Fsp3) is 0.846. The maximum absolute atomic E-state index is 15.1. The van der Waals surface area contributed by atoms with Gasteiger partial charge in [0.2, 0.25) is 17.7 Å². The predicted octanol–water partition coefficient (Wildman–Crippen LogP) is 2.05. The van der Waals surface area contributed by atoms with Crippen LogP contribution in [0.3, 0.4) is 0 Å². The first-order chi connectivity index (χ1) is 17.8. The second-order valence-electron chi connectivity index (χ2n) is 11.8. The number of amides is 4. The molecule has 2 aliphatic carbocycles. The molecule has 4 amide bonds. The van der Waals surface area contributed by atoms with Crippen LogP contribution in [-0.4, -0.2) is 74.0 Å². The third kappa shape index (κ3) is 6.71. The summed E-state index contributed by atoms with van der Waals surface area (Å²) in [5.74, 6) is -6.86. The number of imide groups is 1. The Bertz CT molecular complexity index is 1050. The molecular formula is C26H39F2N3O6S. The summed E-state index contributed by atoms with van der Waals surface area (Å²) in [5, 5.41) is 4.77. The molecule has 0 radical (unpaired) electrons. The Morgan fingerprint density at radius 1 is 1.08 bits per heavy atom. The summed E-state index contributed by atoms with van der Waals surface area (Å²) in [6.07, 6.45) is 6.38. The zero-order valence-electron chi connectivity index (χ0n) is 21.9. The van der Waals surface area contributed by atoms with Crippen molar-refractivity contribution >= 4 is 33.5 Å². The lowest BCUT2D eigenvalue weighted by Crippen LogP contribution is -2.53. The zero-order valence-corrected chi connectivity index (χ0v) is 22.7. The number of halogens is 2. The average molecular weight is 560 g/mol. The third-order valence-electron chi connectivity index (χ3n) is 8.99. The number of hydrogen-bond acceptors (Lipinski definition) is 6. The van der Waals surface area contributed by atoms with E-state index in [0.717, 1.165) is 6.42 Å². The van der Waals surface area contributed by atoms with Gasteiger partial charge in [0.25, 0.3) is 5.91 Å². The van der Waals surface area contributed by atoms with Crippen molar-refractivity contribution in [2.45, 2.75) is 82.6 Å². The largest absolute Gasteiger partial charge is 0.351 e. The van der Waals surface area contributed by atoms with Crippen LogP contribution >= 0.6 is 0 Å². The molecule has 0 aromatic carbocycles. The Morgan fingerprint density at radius 3 is 2.55 bits per heavy atom. The van der Waals surface area contributed by atoms with Crippen LogP contribution in [0.5, 0.6) is 0 Å². The van der Waals surface area contributed by atoms with Crippen molar-refractivity contribution in [3.05, 3.63) is 0 Å². The summed E-state index contributed by atoms with van der Waals surface area (Å²) in [6.45, 7) is 0.522. The number of nitrogens with one attached hydrogen (secondary N) is 2. The third-order valence-corrected chi connectivity index (χ3v) is 10.0. The van der Waals surface area contributed by atoms with Gasteiger partial charge in [-0.2, -0.15) is 8.78 Å². The molecule has 4 rings (SSSR count). The van der Waals surface area contributed by atoms with E-state index in [2.05, 4.69) is 10.6 Å². The Hall–Kier alpha value is -2.11. The van der Waals surface area contributed by atoms with Gasteiger partial charge in [-0.3, -0.25) is 24.5 Å². The standard InChI is InChI=1S/C26H39F2N3O6S/c1-38(36,37)11-3-5-16-4-2-6-19(13-16)26(27,28)25(35)29-14-17-7-8-20-18(12-17)15-31(24(20)34)21-9-10-22(32)30-23(21)33/h16-21H,2-15H2,1H3,(H,29,35)(H,30,32,33). The Labute approximate surface area is 222 Å². The van der Waals surface area contributed by atoms with Crippen molar-refractivity contribution in [3.63, 3.8) is 0 Å². The molecule has 2 heterocycles. The topological polar surface area (TPSA) is 130 Å². The lowest BCUT2D eigenvalue weighted by Gasteiger charge is -2.34.